The number of hydrogen-bond donors (Lipinski definition) is 1. The number of nitriles is 1. The summed E-state index contributed by atoms with van der Waals surface area (Å²) in [5, 5.41) is 11.8. The standard InChI is InChI=1S/C10H10N2/c11-6-5-9-7-8-3-1-2-4-10(8)12-9/h1-4,9,12H,5,7H2. The van der Waals surface area contributed by atoms with Gasteiger partial charge in [-0.1, -0.05) is 18.2 Å². The Balaban J connectivity index is 2.18. The van der Waals surface area contributed by atoms with Crippen LogP contribution >= 0.6 is 0 Å². The molecule has 0 radical (unpaired) electrons. The monoisotopic (exact) mass is 158 g/mol. The average Bonchev–Trinajstić information content (AvgIpc) is 2.47. The maximum absolute atomic E-state index is 8.52. The molecule has 1 aliphatic rings. The molecule has 1 aromatic rings. The minimum atomic E-state index is 0.326. The summed E-state index contributed by atoms with van der Waals surface area (Å²) in [6.45, 7) is 0. The van der Waals surface area contributed by atoms with Crippen molar-refractivity contribution in [2.24, 2.45) is 0 Å². The van der Waals surface area contributed by atoms with Crippen molar-refractivity contribution in [3.63, 3.8) is 0 Å². The molecule has 2 nitrogen and oxygen atoms in total. The summed E-state index contributed by atoms with van der Waals surface area (Å²) in [5.74, 6) is 0. The Morgan fingerprint density at radius 3 is 3.08 bits per heavy atom. The van der Waals surface area contributed by atoms with Crippen molar-refractivity contribution in [2.75, 3.05) is 5.32 Å². The number of benzene rings is 1. The van der Waals surface area contributed by atoms with Crippen LogP contribution in [0.4, 0.5) is 5.69 Å². The van der Waals surface area contributed by atoms with E-state index in [1.165, 1.54) is 11.3 Å². The number of anilines is 1. The molecular formula is C10H10N2. The van der Waals surface area contributed by atoms with Crippen molar-refractivity contribution in [3.8, 4) is 6.07 Å². The molecule has 0 amide bonds. The predicted molar refractivity (Wildman–Crippen MR) is 47.8 cm³/mol. The molecular weight excluding hydrogens is 148 g/mol. The molecule has 0 saturated carbocycles. The molecule has 1 unspecified atom stereocenters. The zero-order valence-electron chi connectivity index (χ0n) is 6.75. The number of nitrogens with one attached hydrogen (secondary N) is 1. The zero-order chi connectivity index (χ0) is 8.39. The summed E-state index contributed by atoms with van der Waals surface area (Å²) in [6, 6.07) is 10.7. The van der Waals surface area contributed by atoms with E-state index in [1.54, 1.807) is 0 Å². The Morgan fingerprint density at radius 2 is 2.33 bits per heavy atom. The van der Waals surface area contributed by atoms with Gasteiger partial charge in [0.05, 0.1) is 12.5 Å². The highest BCUT2D eigenvalue weighted by Crippen LogP contribution is 2.25. The lowest BCUT2D eigenvalue weighted by molar-refractivity contribution is 0.772. The van der Waals surface area contributed by atoms with Gasteiger partial charge >= 0.3 is 0 Å². The van der Waals surface area contributed by atoms with E-state index in [1.807, 2.05) is 12.1 Å². The molecule has 0 spiro atoms. The van der Waals surface area contributed by atoms with Crippen LogP contribution in [0.25, 0.3) is 0 Å². The fourth-order valence-electron chi connectivity index (χ4n) is 1.61. The van der Waals surface area contributed by atoms with Gasteiger partial charge in [0.1, 0.15) is 0 Å². The van der Waals surface area contributed by atoms with E-state index >= 15 is 0 Å². The van der Waals surface area contributed by atoms with Crippen LogP contribution in [0.2, 0.25) is 0 Å². The normalized spacial score (nSPS) is 19.4. The van der Waals surface area contributed by atoms with Crippen molar-refractivity contribution in [1.82, 2.24) is 0 Å². The van der Waals surface area contributed by atoms with Gasteiger partial charge in [-0.2, -0.15) is 5.26 Å². The van der Waals surface area contributed by atoms with Gasteiger partial charge in [-0.15, -0.1) is 0 Å². The minimum Gasteiger partial charge on any atom is -0.381 e. The lowest BCUT2D eigenvalue weighted by atomic mass is 10.1. The molecule has 0 aromatic heterocycles. The Bertz CT molecular complexity index is 300. The SMILES string of the molecule is N#CCC1Cc2ccccc2N1. The molecule has 0 aliphatic carbocycles. The Morgan fingerprint density at radius 1 is 1.50 bits per heavy atom. The fraction of sp³-hybridized carbons (Fsp3) is 0.300. The smallest absolute Gasteiger partial charge is 0.0643 e. The first-order valence-corrected chi connectivity index (χ1v) is 4.11. The Kier molecular flexibility index (Phi) is 1.71. The second-order valence-corrected chi connectivity index (χ2v) is 3.06. The van der Waals surface area contributed by atoms with Crippen LogP contribution in [-0.4, -0.2) is 6.04 Å². The molecule has 60 valence electrons. The summed E-state index contributed by atoms with van der Waals surface area (Å²) >= 11 is 0. The predicted octanol–water partition coefficient (Wildman–Crippen LogP) is 1.94. The molecule has 1 N–H and O–H groups in total. The van der Waals surface area contributed by atoms with E-state index in [-0.39, 0.29) is 0 Å². The van der Waals surface area contributed by atoms with E-state index in [9.17, 15) is 0 Å². The van der Waals surface area contributed by atoms with Crippen molar-refractivity contribution in [3.05, 3.63) is 29.8 Å². The van der Waals surface area contributed by atoms with Gasteiger partial charge in [0, 0.05) is 11.7 Å². The van der Waals surface area contributed by atoms with Crippen LogP contribution in [-0.2, 0) is 6.42 Å². The highest BCUT2D eigenvalue weighted by atomic mass is 14.9. The topological polar surface area (TPSA) is 35.8 Å². The van der Waals surface area contributed by atoms with Gasteiger partial charge in [0.25, 0.3) is 0 Å². The van der Waals surface area contributed by atoms with E-state index in [0.717, 1.165) is 6.42 Å². The molecule has 0 bridgehead atoms. The Hall–Kier alpha value is -1.49. The minimum absolute atomic E-state index is 0.326. The van der Waals surface area contributed by atoms with Crippen LogP contribution in [0, 0.1) is 11.3 Å². The molecule has 2 rings (SSSR count). The first kappa shape index (κ1) is 7.17. The van der Waals surface area contributed by atoms with Gasteiger partial charge in [0.2, 0.25) is 0 Å². The maximum atomic E-state index is 8.52. The lowest BCUT2D eigenvalue weighted by Crippen LogP contribution is -2.13. The van der Waals surface area contributed by atoms with Crippen molar-refractivity contribution >= 4 is 5.69 Å². The third kappa shape index (κ3) is 1.14. The molecule has 0 saturated heterocycles. The molecule has 1 heterocycles. The summed E-state index contributed by atoms with van der Waals surface area (Å²) < 4.78 is 0. The summed E-state index contributed by atoms with van der Waals surface area (Å²) in [5.41, 5.74) is 2.52. The lowest BCUT2D eigenvalue weighted by Gasteiger charge is -2.04. The van der Waals surface area contributed by atoms with Gasteiger partial charge in [0.15, 0.2) is 0 Å². The van der Waals surface area contributed by atoms with Crippen molar-refractivity contribution < 1.29 is 0 Å². The van der Waals surface area contributed by atoms with Crippen LogP contribution < -0.4 is 5.32 Å². The van der Waals surface area contributed by atoms with Crippen molar-refractivity contribution in [1.29, 1.82) is 5.26 Å². The molecule has 0 fully saturated rings. The van der Waals surface area contributed by atoms with Crippen molar-refractivity contribution in [2.45, 2.75) is 18.9 Å². The summed E-state index contributed by atoms with van der Waals surface area (Å²) in [4.78, 5) is 0. The number of rotatable bonds is 1. The largest absolute Gasteiger partial charge is 0.381 e. The molecule has 1 atom stereocenters. The Labute approximate surface area is 71.8 Å². The van der Waals surface area contributed by atoms with E-state index < -0.39 is 0 Å². The second kappa shape index (κ2) is 2.86. The third-order valence-corrected chi connectivity index (χ3v) is 2.18. The zero-order valence-corrected chi connectivity index (χ0v) is 6.75. The van der Waals surface area contributed by atoms with Gasteiger partial charge in [-0.05, 0) is 18.1 Å². The van der Waals surface area contributed by atoms with Gasteiger partial charge < -0.3 is 5.32 Å². The average molecular weight is 158 g/mol. The van der Waals surface area contributed by atoms with E-state index in [4.69, 9.17) is 5.26 Å². The summed E-state index contributed by atoms with van der Waals surface area (Å²) in [6.07, 6.45) is 1.58. The first-order valence-electron chi connectivity index (χ1n) is 4.11. The first-order chi connectivity index (χ1) is 5.90. The number of fused-ring (bicyclic) bond motifs is 1. The maximum Gasteiger partial charge on any atom is 0.0643 e. The van der Waals surface area contributed by atoms with E-state index in [2.05, 4.69) is 23.5 Å². The van der Waals surface area contributed by atoms with Gasteiger partial charge in [-0.3, -0.25) is 0 Å². The molecule has 1 aromatic carbocycles. The number of para-hydroxylation sites is 1. The third-order valence-electron chi connectivity index (χ3n) is 2.18. The second-order valence-electron chi connectivity index (χ2n) is 3.06. The number of hydrogen-bond acceptors (Lipinski definition) is 2. The highest BCUT2D eigenvalue weighted by Gasteiger charge is 2.18. The van der Waals surface area contributed by atoms with Crippen LogP contribution in [0.1, 0.15) is 12.0 Å². The highest BCUT2D eigenvalue weighted by molar-refractivity contribution is 5.56. The molecule has 1 aliphatic heterocycles. The van der Waals surface area contributed by atoms with Gasteiger partial charge in [-0.25, -0.2) is 0 Å². The summed E-state index contributed by atoms with van der Waals surface area (Å²) in [7, 11) is 0. The van der Waals surface area contributed by atoms with Crippen LogP contribution in [0.15, 0.2) is 24.3 Å². The van der Waals surface area contributed by atoms with Crippen LogP contribution in [0.3, 0.4) is 0 Å². The fourth-order valence-corrected chi connectivity index (χ4v) is 1.61. The van der Waals surface area contributed by atoms with E-state index in [0.29, 0.717) is 12.5 Å². The molecule has 2 heteroatoms. The molecule has 12 heavy (non-hydrogen) atoms. The number of nitrogens with zero attached hydrogens (tertiary/aromatic N) is 1. The quantitative estimate of drug-likeness (QED) is 0.678. The van der Waals surface area contributed by atoms with Crippen LogP contribution in [0.5, 0.6) is 0 Å².